The predicted molar refractivity (Wildman–Crippen MR) is 109 cm³/mol. The van der Waals surface area contributed by atoms with Crippen molar-refractivity contribution in [2.75, 3.05) is 23.3 Å². The summed E-state index contributed by atoms with van der Waals surface area (Å²) in [5.41, 5.74) is 4.92. The summed E-state index contributed by atoms with van der Waals surface area (Å²) in [5, 5.41) is 3.04. The zero-order valence-electron chi connectivity index (χ0n) is 15.8. The number of amides is 1. The summed E-state index contributed by atoms with van der Waals surface area (Å²) in [4.78, 5) is 24.8. The van der Waals surface area contributed by atoms with Gasteiger partial charge in [-0.05, 0) is 62.4 Å². The lowest BCUT2D eigenvalue weighted by Gasteiger charge is -2.29. The zero-order valence-corrected chi connectivity index (χ0v) is 15.8. The Kier molecular flexibility index (Phi) is 4.75. The van der Waals surface area contributed by atoms with Gasteiger partial charge in [0.15, 0.2) is 11.5 Å². The number of nitrogens with one attached hydrogen (secondary N) is 1. The van der Waals surface area contributed by atoms with Crippen LogP contribution in [0.2, 0.25) is 0 Å². The lowest BCUT2D eigenvalue weighted by atomic mass is 10.1. The van der Waals surface area contributed by atoms with Crippen LogP contribution in [0.3, 0.4) is 0 Å². The molecule has 1 aliphatic heterocycles. The van der Waals surface area contributed by atoms with Crippen molar-refractivity contribution in [1.82, 2.24) is 9.97 Å². The third kappa shape index (κ3) is 3.63. The van der Waals surface area contributed by atoms with E-state index in [1.54, 1.807) is 0 Å². The minimum Gasteiger partial charge on any atom is -0.355 e. The molecule has 27 heavy (non-hydrogen) atoms. The predicted octanol–water partition coefficient (Wildman–Crippen LogP) is 4.49. The normalized spacial score (nSPS) is 14.4. The van der Waals surface area contributed by atoms with Crippen LogP contribution in [0.4, 0.5) is 11.5 Å². The summed E-state index contributed by atoms with van der Waals surface area (Å²) in [6, 6.07) is 13.8. The number of benzene rings is 2. The molecule has 1 aromatic heterocycles. The molecule has 138 valence electrons. The molecule has 0 atom stereocenters. The van der Waals surface area contributed by atoms with Gasteiger partial charge < -0.3 is 10.2 Å². The van der Waals surface area contributed by atoms with Gasteiger partial charge in [0.05, 0.1) is 11.0 Å². The van der Waals surface area contributed by atoms with Crippen molar-refractivity contribution >= 4 is 28.4 Å². The fourth-order valence-electron chi connectivity index (χ4n) is 3.52. The highest BCUT2D eigenvalue weighted by molar-refractivity contribution is 6.07. The van der Waals surface area contributed by atoms with Gasteiger partial charge >= 0.3 is 0 Å². The smallest absolute Gasteiger partial charge is 0.278 e. The second-order valence-corrected chi connectivity index (χ2v) is 7.20. The van der Waals surface area contributed by atoms with E-state index in [2.05, 4.69) is 15.2 Å². The van der Waals surface area contributed by atoms with Crippen molar-refractivity contribution in [3.05, 3.63) is 59.3 Å². The van der Waals surface area contributed by atoms with Gasteiger partial charge in [-0.25, -0.2) is 9.97 Å². The molecule has 1 fully saturated rings. The minimum absolute atomic E-state index is 0.206. The number of para-hydroxylation sites is 2. The number of aryl methyl sites for hydroxylation is 2. The maximum absolute atomic E-state index is 13.1. The van der Waals surface area contributed by atoms with Crippen LogP contribution in [0.15, 0.2) is 42.5 Å². The first kappa shape index (κ1) is 17.5. The SMILES string of the molecule is Cc1ccc(C)c(NC(=O)c2nc3ccccc3nc2N2CCCCC2)c1. The van der Waals surface area contributed by atoms with Crippen molar-refractivity contribution in [3.8, 4) is 0 Å². The monoisotopic (exact) mass is 360 g/mol. The molecule has 1 amide bonds. The van der Waals surface area contributed by atoms with E-state index in [0.717, 1.165) is 53.8 Å². The molecule has 3 aromatic rings. The molecule has 0 spiro atoms. The number of carbonyl (C=O) groups is 1. The Labute approximate surface area is 159 Å². The van der Waals surface area contributed by atoms with E-state index >= 15 is 0 Å². The van der Waals surface area contributed by atoms with Crippen molar-refractivity contribution in [1.29, 1.82) is 0 Å². The van der Waals surface area contributed by atoms with Gasteiger partial charge in [-0.3, -0.25) is 4.79 Å². The highest BCUT2D eigenvalue weighted by Crippen LogP contribution is 2.25. The Balaban J connectivity index is 1.76. The standard InChI is InChI=1S/C22H24N4O/c1-15-10-11-16(2)19(14-15)25-22(27)20-21(26-12-6-3-7-13-26)24-18-9-5-4-8-17(18)23-20/h4-5,8-11,14H,3,6-7,12-13H2,1-2H3,(H,25,27). The summed E-state index contributed by atoms with van der Waals surface area (Å²) in [5.74, 6) is 0.485. The molecule has 0 bridgehead atoms. The van der Waals surface area contributed by atoms with E-state index in [0.29, 0.717) is 11.5 Å². The average molecular weight is 360 g/mol. The van der Waals surface area contributed by atoms with Gasteiger partial charge in [0.1, 0.15) is 0 Å². The molecule has 2 heterocycles. The molecule has 2 aromatic carbocycles. The molecule has 4 rings (SSSR count). The highest BCUT2D eigenvalue weighted by atomic mass is 16.1. The summed E-state index contributed by atoms with van der Waals surface area (Å²) in [6.45, 7) is 5.84. The molecule has 0 unspecified atom stereocenters. The second-order valence-electron chi connectivity index (χ2n) is 7.20. The Morgan fingerprint density at radius 1 is 0.963 bits per heavy atom. The summed E-state index contributed by atoms with van der Waals surface area (Å²) >= 11 is 0. The van der Waals surface area contributed by atoms with Gasteiger partial charge in [-0.2, -0.15) is 0 Å². The summed E-state index contributed by atoms with van der Waals surface area (Å²) in [7, 11) is 0. The number of piperidine rings is 1. The molecule has 1 saturated heterocycles. The van der Waals surface area contributed by atoms with Crippen LogP contribution in [-0.2, 0) is 0 Å². The molecule has 0 saturated carbocycles. The lowest BCUT2D eigenvalue weighted by Crippen LogP contribution is -2.33. The van der Waals surface area contributed by atoms with Crippen LogP contribution in [0.5, 0.6) is 0 Å². The fraction of sp³-hybridized carbons (Fsp3) is 0.318. The highest BCUT2D eigenvalue weighted by Gasteiger charge is 2.23. The van der Waals surface area contributed by atoms with E-state index < -0.39 is 0 Å². The Hall–Kier alpha value is -2.95. The molecule has 1 N–H and O–H groups in total. The number of carbonyl (C=O) groups excluding carboxylic acids is 1. The molecule has 5 heteroatoms. The van der Waals surface area contributed by atoms with Crippen molar-refractivity contribution in [3.63, 3.8) is 0 Å². The van der Waals surface area contributed by atoms with E-state index in [-0.39, 0.29) is 5.91 Å². The molecule has 1 aliphatic rings. The van der Waals surface area contributed by atoms with E-state index in [1.807, 2.05) is 56.3 Å². The molecule has 5 nitrogen and oxygen atoms in total. The maximum atomic E-state index is 13.1. The number of rotatable bonds is 3. The van der Waals surface area contributed by atoms with Crippen LogP contribution in [-0.4, -0.2) is 29.0 Å². The van der Waals surface area contributed by atoms with Gasteiger partial charge in [0.25, 0.3) is 5.91 Å². The number of hydrogen-bond acceptors (Lipinski definition) is 4. The number of fused-ring (bicyclic) bond motifs is 1. The van der Waals surface area contributed by atoms with Crippen LogP contribution in [0, 0.1) is 13.8 Å². The van der Waals surface area contributed by atoms with Gasteiger partial charge in [-0.1, -0.05) is 24.3 Å². The maximum Gasteiger partial charge on any atom is 0.278 e. The first-order chi connectivity index (χ1) is 13.1. The summed E-state index contributed by atoms with van der Waals surface area (Å²) < 4.78 is 0. The lowest BCUT2D eigenvalue weighted by molar-refractivity contribution is 0.102. The van der Waals surface area contributed by atoms with Crippen LogP contribution in [0.1, 0.15) is 40.9 Å². The number of hydrogen-bond donors (Lipinski definition) is 1. The van der Waals surface area contributed by atoms with Crippen molar-refractivity contribution in [2.24, 2.45) is 0 Å². The van der Waals surface area contributed by atoms with Crippen LogP contribution >= 0.6 is 0 Å². The van der Waals surface area contributed by atoms with E-state index in [1.165, 1.54) is 6.42 Å². The van der Waals surface area contributed by atoms with E-state index in [4.69, 9.17) is 4.98 Å². The molecule has 0 radical (unpaired) electrons. The molecule has 0 aliphatic carbocycles. The summed E-state index contributed by atoms with van der Waals surface area (Å²) in [6.07, 6.45) is 3.46. The molecular weight excluding hydrogens is 336 g/mol. The van der Waals surface area contributed by atoms with Crippen LogP contribution in [0.25, 0.3) is 11.0 Å². The quantitative estimate of drug-likeness (QED) is 0.748. The number of aromatic nitrogens is 2. The van der Waals surface area contributed by atoms with Crippen molar-refractivity contribution in [2.45, 2.75) is 33.1 Å². The van der Waals surface area contributed by atoms with Gasteiger partial charge in [-0.15, -0.1) is 0 Å². The topological polar surface area (TPSA) is 58.1 Å². The van der Waals surface area contributed by atoms with Gasteiger partial charge in [0, 0.05) is 18.8 Å². The number of anilines is 2. The Morgan fingerprint density at radius 3 is 2.41 bits per heavy atom. The van der Waals surface area contributed by atoms with Crippen molar-refractivity contribution < 1.29 is 4.79 Å². The molecular formula is C22H24N4O. The minimum atomic E-state index is -0.206. The first-order valence-corrected chi connectivity index (χ1v) is 9.52. The third-order valence-electron chi connectivity index (χ3n) is 5.06. The fourth-order valence-corrected chi connectivity index (χ4v) is 3.52. The van der Waals surface area contributed by atoms with Crippen LogP contribution < -0.4 is 10.2 Å². The first-order valence-electron chi connectivity index (χ1n) is 9.52. The Bertz CT molecular complexity index is 993. The van der Waals surface area contributed by atoms with Gasteiger partial charge in [0.2, 0.25) is 0 Å². The number of nitrogens with zero attached hydrogens (tertiary/aromatic N) is 3. The Morgan fingerprint density at radius 2 is 1.67 bits per heavy atom. The third-order valence-corrected chi connectivity index (χ3v) is 5.06. The second kappa shape index (κ2) is 7.35. The zero-order chi connectivity index (χ0) is 18.8. The largest absolute Gasteiger partial charge is 0.355 e. The average Bonchev–Trinajstić information content (AvgIpc) is 2.70. The van der Waals surface area contributed by atoms with E-state index in [9.17, 15) is 4.79 Å².